The third-order valence-corrected chi connectivity index (χ3v) is 6.27. The van der Waals surface area contributed by atoms with Crippen molar-refractivity contribution in [2.24, 2.45) is 0 Å². The Balaban J connectivity index is 2.74. The Bertz CT molecular complexity index is 991. The molecular formula is C26H37NO4S. The SMILES string of the molecule is CCCc1cccc(CCC)c1C(NS(=O)(=O)O)C(=O)c1cc(C(C)C)cc(C(C)C)c1. The molecule has 0 heterocycles. The van der Waals surface area contributed by atoms with Crippen molar-refractivity contribution in [1.29, 1.82) is 0 Å². The molecule has 0 aliphatic carbocycles. The number of ketones is 1. The second-order valence-corrected chi connectivity index (χ2v) is 10.3. The smallest absolute Gasteiger partial charge is 0.292 e. The van der Waals surface area contributed by atoms with Gasteiger partial charge in [-0.2, -0.15) is 13.1 Å². The molecule has 2 aromatic carbocycles. The van der Waals surface area contributed by atoms with Gasteiger partial charge in [0.05, 0.1) is 0 Å². The van der Waals surface area contributed by atoms with Crippen LogP contribution in [-0.4, -0.2) is 18.8 Å². The zero-order valence-electron chi connectivity index (χ0n) is 20.1. The minimum Gasteiger partial charge on any atom is -0.292 e. The number of hydrogen-bond donors (Lipinski definition) is 2. The van der Waals surface area contributed by atoms with Crippen LogP contribution in [0.4, 0.5) is 0 Å². The van der Waals surface area contributed by atoms with E-state index >= 15 is 0 Å². The molecule has 2 aromatic rings. The number of aryl methyl sites for hydroxylation is 2. The number of carbonyl (C=O) groups excluding carboxylic acids is 1. The van der Waals surface area contributed by atoms with E-state index in [9.17, 15) is 17.8 Å². The molecule has 0 aliphatic heterocycles. The fraction of sp³-hybridized carbons (Fsp3) is 0.500. The van der Waals surface area contributed by atoms with E-state index in [-0.39, 0.29) is 17.6 Å². The van der Waals surface area contributed by atoms with Crippen LogP contribution in [0, 0.1) is 0 Å². The highest BCUT2D eigenvalue weighted by Gasteiger charge is 2.30. The van der Waals surface area contributed by atoms with E-state index in [1.165, 1.54) is 0 Å². The van der Waals surface area contributed by atoms with Crippen LogP contribution in [0.25, 0.3) is 0 Å². The highest BCUT2D eigenvalue weighted by Crippen LogP contribution is 2.31. The normalized spacial score (nSPS) is 13.0. The number of Topliss-reactive ketones (excluding diaryl/α,β-unsaturated/α-hetero) is 1. The van der Waals surface area contributed by atoms with Crippen LogP contribution in [0.3, 0.4) is 0 Å². The maximum atomic E-state index is 13.8. The summed E-state index contributed by atoms with van der Waals surface area (Å²) in [4.78, 5) is 13.8. The summed E-state index contributed by atoms with van der Waals surface area (Å²) in [7, 11) is -4.61. The van der Waals surface area contributed by atoms with Crippen LogP contribution >= 0.6 is 0 Å². The van der Waals surface area contributed by atoms with Crippen molar-refractivity contribution in [2.45, 2.75) is 85.1 Å². The van der Waals surface area contributed by atoms with Gasteiger partial charge in [-0.25, -0.2) is 0 Å². The Morgan fingerprint density at radius 3 is 1.75 bits per heavy atom. The van der Waals surface area contributed by atoms with Gasteiger partial charge in [0, 0.05) is 5.56 Å². The third kappa shape index (κ3) is 6.74. The van der Waals surface area contributed by atoms with Crippen molar-refractivity contribution in [1.82, 2.24) is 4.72 Å². The second kappa shape index (κ2) is 11.2. The third-order valence-electron chi connectivity index (χ3n) is 5.74. The first-order valence-electron chi connectivity index (χ1n) is 11.5. The Kier molecular flexibility index (Phi) is 9.19. The van der Waals surface area contributed by atoms with Gasteiger partial charge in [0.15, 0.2) is 5.78 Å². The van der Waals surface area contributed by atoms with Crippen LogP contribution in [0.5, 0.6) is 0 Å². The van der Waals surface area contributed by atoms with Gasteiger partial charge in [0.1, 0.15) is 6.04 Å². The zero-order chi connectivity index (χ0) is 24.1. The minimum absolute atomic E-state index is 0.219. The average Bonchev–Trinajstić information content (AvgIpc) is 2.71. The van der Waals surface area contributed by atoms with E-state index in [4.69, 9.17) is 0 Å². The van der Waals surface area contributed by atoms with Gasteiger partial charge >= 0.3 is 10.3 Å². The van der Waals surface area contributed by atoms with Gasteiger partial charge in [-0.05, 0) is 64.6 Å². The van der Waals surface area contributed by atoms with Crippen LogP contribution in [-0.2, 0) is 23.1 Å². The highest BCUT2D eigenvalue weighted by atomic mass is 32.2. The molecule has 32 heavy (non-hydrogen) atoms. The molecule has 0 saturated heterocycles. The summed E-state index contributed by atoms with van der Waals surface area (Å²) in [6.45, 7) is 12.4. The maximum absolute atomic E-state index is 13.8. The number of hydrogen-bond acceptors (Lipinski definition) is 3. The lowest BCUT2D eigenvalue weighted by atomic mass is 9.85. The molecule has 176 valence electrons. The lowest BCUT2D eigenvalue weighted by Gasteiger charge is -2.24. The fourth-order valence-electron chi connectivity index (χ4n) is 4.06. The molecular weight excluding hydrogens is 422 g/mol. The topological polar surface area (TPSA) is 83.5 Å². The van der Waals surface area contributed by atoms with Crippen molar-refractivity contribution in [3.63, 3.8) is 0 Å². The van der Waals surface area contributed by atoms with E-state index < -0.39 is 16.3 Å². The average molecular weight is 460 g/mol. The standard InChI is InChI=1S/C26H37NO4S/c1-7-10-19-12-9-13-20(11-8-2)24(19)25(27-32(29,30)31)26(28)23-15-21(17(3)4)14-22(16-23)18(5)6/h9,12-18,25,27H,7-8,10-11H2,1-6H3,(H,29,30,31). The number of benzene rings is 2. The molecule has 2 rings (SSSR count). The summed E-state index contributed by atoms with van der Waals surface area (Å²) >= 11 is 0. The lowest BCUT2D eigenvalue weighted by molar-refractivity contribution is 0.0951. The lowest BCUT2D eigenvalue weighted by Crippen LogP contribution is -2.35. The first kappa shape index (κ1) is 26.2. The molecule has 0 radical (unpaired) electrons. The van der Waals surface area contributed by atoms with Gasteiger partial charge in [-0.15, -0.1) is 0 Å². The Labute approximate surface area is 193 Å². The second-order valence-electron chi connectivity index (χ2n) is 9.08. The molecule has 0 bridgehead atoms. The van der Waals surface area contributed by atoms with E-state index in [2.05, 4.69) is 38.5 Å². The molecule has 0 fully saturated rings. The fourth-order valence-corrected chi connectivity index (χ4v) is 4.58. The minimum atomic E-state index is -4.61. The molecule has 1 unspecified atom stereocenters. The number of nitrogens with one attached hydrogen (secondary N) is 1. The Morgan fingerprint density at radius 1 is 0.906 bits per heavy atom. The van der Waals surface area contributed by atoms with Crippen molar-refractivity contribution >= 4 is 16.1 Å². The van der Waals surface area contributed by atoms with Crippen molar-refractivity contribution < 1.29 is 17.8 Å². The highest BCUT2D eigenvalue weighted by molar-refractivity contribution is 7.83. The summed E-state index contributed by atoms with van der Waals surface area (Å²) < 4.78 is 35.8. The molecule has 5 nitrogen and oxygen atoms in total. The molecule has 0 aromatic heterocycles. The largest absolute Gasteiger partial charge is 0.334 e. The monoisotopic (exact) mass is 459 g/mol. The molecule has 2 N–H and O–H groups in total. The molecule has 0 aliphatic rings. The van der Waals surface area contributed by atoms with Gasteiger partial charge in [-0.1, -0.05) is 78.6 Å². The van der Waals surface area contributed by atoms with E-state index in [1.54, 1.807) is 0 Å². The van der Waals surface area contributed by atoms with E-state index in [0.29, 0.717) is 24.0 Å². The molecule has 1 atom stereocenters. The summed E-state index contributed by atoms with van der Waals surface area (Å²) in [5.74, 6) is 0.0838. The number of carbonyl (C=O) groups is 1. The molecule has 0 spiro atoms. The summed E-state index contributed by atoms with van der Waals surface area (Å²) in [6, 6.07) is 10.4. The van der Waals surface area contributed by atoms with Crippen LogP contribution in [0.2, 0.25) is 0 Å². The Morgan fingerprint density at radius 2 is 1.38 bits per heavy atom. The molecule has 0 saturated carbocycles. The van der Waals surface area contributed by atoms with E-state index in [0.717, 1.165) is 35.1 Å². The first-order chi connectivity index (χ1) is 15.0. The van der Waals surface area contributed by atoms with Gasteiger partial charge in [0.25, 0.3) is 0 Å². The van der Waals surface area contributed by atoms with Crippen LogP contribution in [0.1, 0.15) is 110 Å². The summed E-state index contributed by atoms with van der Waals surface area (Å²) in [5.41, 5.74) is 5.03. The van der Waals surface area contributed by atoms with Crippen LogP contribution < -0.4 is 4.72 Å². The molecule has 6 heteroatoms. The summed E-state index contributed by atoms with van der Waals surface area (Å²) in [6.07, 6.45) is 3.14. The van der Waals surface area contributed by atoms with Crippen molar-refractivity contribution in [2.75, 3.05) is 0 Å². The predicted octanol–water partition coefficient (Wildman–Crippen LogP) is 6.15. The van der Waals surface area contributed by atoms with E-state index in [1.807, 2.05) is 44.2 Å². The zero-order valence-corrected chi connectivity index (χ0v) is 20.9. The predicted molar refractivity (Wildman–Crippen MR) is 131 cm³/mol. The molecule has 0 amide bonds. The van der Waals surface area contributed by atoms with Crippen LogP contribution in [0.15, 0.2) is 36.4 Å². The summed E-state index contributed by atoms with van der Waals surface area (Å²) in [5, 5.41) is 0. The Hall–Kier alpha value is -2.02. The first-order valence-corrected chi connectivity index (χ1v) is 13.0. The van der Waals surface area contributed by atoms with Gasteiger partial charge in [0.2, 0.25) is 0 Å². The number of rotatable bonds is 11. The van der Waals surface area contributed by atoms with Gasteiger partial charge < -0.3 is 0 Å². The van der Waals surface area contributed by atoms with Gasteiger partial charge in [-0.3, -0.25) is 9.35 Å². The van der Waals surface area contributed by atoms with Crippen molar-refractivity contribution in [3.8, 4) is 0 Å². The maximum Gasteiger partial charge on any atom is 0.334 e. The quantitative estimate of drug-likeness (QED) is 0.312. The van der Waals surface area contributed by atoms with Crippen molar-refractivity contribution in [3.05, 3.63) is 69.8 Å².